The maximum atomic E-state index is 12.1. The number of nitrogens with zero attached hydrogens (tertiary/aromatic N) is 1. The van der Waals surface area contributed by atoms with Crippen molar-refractivity contribution in [1.82, 2.24) is 9.97 Å². The van der Waals surface area contributed by atoms with Crippen molar-refractivity contribution in [2.45, 2.75) is 12.8 Å². The van der Waals surface area contributed by atoms with Crippen LogP contribution in [0.3, 0.4) is 0 Å². The molecule has 0 aliphatic carbocycles. The van der Waals surface area contributed by atoms with Crippen LogP contribution < -0.4 is 5.56 Å². The fourth-order valence-corrected chi connectivity index (χ4v) is 2.30. The molecule has 0 spiro atoms. The Morgan fingerprint density at radius 2 is 1.82 bits per heavy atom. The number of carbonyl (C=O) groups is 1. The predicted octanol–water partition coefficient (Wildman–Crippen LogP) is 2.61. The van der Waals surface area contributed by atoms with Gasteiger partial charge in [-0.1, -0.05) is 36.4 Å². The Labute approximate surface area is 126 Å². The normalized spacial score (nSPS) is 10.7. The summed E-state index contributed by atoms with van der Waals surface area (Å²) in [6.07, 6.45) is 0.585. The second-order valence-corrected chi connectivity index (χ2v) is 5.02. The van der Waals surface area contributed by atoms with Crippen molar-refractivity contribution >= 4 is 16.9 Å². The number of para-hydroxylation sites is 1. The number of hydrogen-bond donors (Lipinski definition) is 2. The number of aromatic amines is 1. The van der Waals surface area contributed by atoms with Gasteiger partial charge in [-0.15, -0.1) is 0 Å². The number of H-pyrrole nitrogens is 1. The minimum atomic E-state index is -0.815. The Kier molecular flexibility index (Phi) is 3.70. The van der Waals surface area contributed by atoms with E-state index >= 15 is 0 Å². The van der Waals surface area contributed by atoms with Crippen LogP contribution >= 0.6 is 0 Å². The molecule has 0 saturated carbocycles. The van der Waals surface area contributed by atoms with Crippen molar-refractivity contribution in [3.05, 3.63) is 64.4 Å². The zero-order valence-corrected chi connectivity index (χ0v) is 11.7. The molecule has 0 bridgehead atoms. The number of aryl methyl sites for hydroxylation is 1. The van der Waals surface area contributed by atoms with E-state index in [0.717, 1.165) is 11.1 Å². The Morgan fingerprint density at radius 1 is 1.09 bits per heavy atom. The average molecular weight is 294 g/mol. The molecule has 3 aromatic rings. The molecular formula is C17H14N2O3. The number of aliphatic carboxylic acids is 1. The van der Waals surface area contributed by atoms with Gasteiger partial charge in [0.1, 0.15) is 5.82 Å². The van der Waals surface area contributed by atoms with Gasteiger partial charge in [0.15, 0.2) is 0 Å². The van der Waals surface area contributed by atoms with Crippen molar-refractivity contribution in [1.29, 1.82) is 0 Å². The third-order valence-electron chi connectivity index (χ3n) is 3.47. The van der Waals surface area contributed by atoms with Gasteiger partial charge in [0.25, 0.3) is 5.56 Å². The number of fused-ring (bicyclic) bond motifs is 1. The molecule has 0 unspecified atom stereocenters. The van der Waals surface area contributed by atoms with Crippen molar-refractivity contribution in [2.24, 2.45) is 0 Å². The lowest BCUT2D eigenvalue weighted by atomic mass is 10.1. The van der Waals surface area contributed by atoms with E-state index in [4.69, 9.17) is 5.11 Å². The van der Waals surface area contributed by atoms with Crippen LogP contribution in [-0.4, -0.2) is 21.0 Å². The Hall–Kier alpha value is -2.95. The van der Waals surface area contributed by atoms with Gasteiger partial charge in [0.2, 0.25) is 0 Å². The largest absolute Gasteiger partial charge is 0.481 e. The average Bonchev–Trinajstić information content (AvgIpc) is 2.53. The van der Waals surface area contributed by atoms with Gasteiger partial charge in [-0.2, -0.15) is 0 Å². The molecule has 0 aliphatic rings. The van der Waals surface area contributed by atoms with E-state index in [1.54, 1.807) is 18.2 Å². The van der Waals surface area contributed by atoms with Crippen molar-refractivity contribution in [3.8, 4) is 11.4 Å². The first-order valence-corrected chi connectivity index (χ1v) is 6.93. The van der Waals surface area contributed by atoms with Crippen molar-refractivity contribution < 1.29 is 9.90 Å². The van der Waals surface area contributed by atoms with Crippen molar-refractivity contribution in [3.63, 3.8) is 0 Å². The predicted molar refractivity (Wildman–Crippen MR) is 83.8 cm³/mol. The molecule has 3 rings (SSSR count). The fourth-order valence-electron chi connectivity index (χ4n) is 2.30. The van der Waals surface area contributed by atoms with E-state index in [1.807, 2.05) is 30.3 Å². The van der Waals surface area contributed by atoms with E-state index < -0.39 is 5.97 Å². The number of aromatic nitrogens is 2. The highest BCUT2D eigenvalue weighted by Gasteiger charge is 2.06. The minimum absolute atomic E-state index is 0.102. The highest BCUT2D eigenvalue weighted by atomic mass is 16.4. The monoisotopic (exact) mass is 294 g/mol. The van der Waals surface area contributed by atoms with Crippen molar-refractivity contribution in [2.75, 3.05) is 0 Å². The number of carboxylic acid groups (broad SMARTS) is 1. The second kappa shape index (κ2) is 5.81. The van der Waals surface area contributed by atoms with E-state index in [-0.39, 0.29) is 12.0 Å². The highest BCUT2D eigenvalue weighted by molar-refractivity contribution is 5.79. The van der Waals surface area contributed by atoms with Gasteiger partial charge in [-0.3, -0.25) is 9.59 Å². The maximum absolute atomic E-state index is 12.1. The molecule has 22 heavy (non-hydrogen) atoms. The SMILES string of the molecule is O=C(O)CCc1ccc(-c2nc3ccccc3c(=O)[nH]2)cc1. The highest BCUT2D eigenvalue weighted by Crippen LogP contribution is 2.17. The molecule has 1 heterocycles. The zero-order valence-electron chi connectivity index (χ0n) is 11.7. The lowest BCUT2D eigenvalue weighted by Gasteiger charge is -2.04. The smallest absolute Gasteiger partial charge is 0.303 e. The summed E-state index contributed by atoms with van der Waals surface area (Å²) in [7, 11) is 0. The van der Waals surface area contributed by atoms with Crippen LogP contribution in [0.25, 0.3) is 22.3 Å². The third-order valence-corrected chi connectivity index (χ3v) is 3.47. The van der Waals surface area contributed by atoms with Gasteiger partial charge in [0, 0.05) is 12.0 Å². The summed E-state index contributed by atoms with van der Waals surface area (Å²) in [6, 6.07) is 14.6. The quantitative estimate of drug-likeness (QED) is 0.774. The number of nitrogens with one attached hydrogen (secondary N) is 1. The Morgan fingerprint density at radius 3 is 2.55 bits per heavy atom. The van der Waals surface area contributed by atoms with Crippen LogP contribution in [0.1, 0.15) is 12.0 Å². The van der Waals surface area contributed by atoms with E-state index in [2.05, 4.69) is 9.97 Å². The zero-order chi connectivity index (χ0) is 15.5. The number of carboxylic acids is 1. The summed E-state index contributed by atoms with van der Waals surface area (Å²) in [4.78, 5) is 29.9. The van der Waals surface area contributed by atoms with Crippen LogP contribution in [0.5, 0.6) is 0 Å². The number of benzene rings is 2. The van der Waals surface area contributed by atoms with E-state index in [9.17, 15) is 9.59 Å². The van der Waals surface area contributed by atoms with E-state index in [0.29, 0.717) is 23.1 Å². The van der Waals surface area contributed by atoms with Crippen LogP contribution in [0, 0.1) is 0 Å². The molecule has 0 aliphatic heterocycles. The van der Waals surface area contributed by atoms with Crippen LogP contribution in [-0.2, 0) is 11.2 Å². The molecule has 2 aromatic carbocycles. The number of hydrogen-bond acceptors (Lipinski definition) is 3. The molecule has 0 fully saturated rings. The first kappa shape index (κ1) is 14.0. The second-order valence-electron chi connectivity index (χ2n) is 5.02. The third kappa shape index (κ3) is 2.88. The summed E-state index contributed by atoms with van der Waals surface area (Å²) < 4.78 is 0. The van der Waals surface area contributed by atoms with Crippen LogP contribution in [0.2, 0.25) is 0 Å². The number of rotatable bonds is 4. The van der Waals surface area contributed by atoms with Crippen LogP contribution in [0.4, 0.5) is 0 Å². The molecule has 0 radical (unpaired) electrons. The lowest BCUT2D eigenvalue weighted by Crippen LogP contribution is -2.09. The lowest BCUT2D eigenvalue weighted by molar-refractivity contribution is -0.136. The first-order chi connectivity index (χ1) is 10.6. The molecular weight excluding hydrogens is 280 g/mol. The summed E-state index contributed by atoms with van der Waals surface area (Å²) in [5.74, 6) is -0.307. The van der Waals surface area contributed by atoms with E-state index in [1.165, 1.54) is 0 Å². The fraction of sp³-hybridized carbons (Fsp3) is 0.118. The van der Waals surface area contributed by atoms with Gasteiger partial charge >= 0.3 is 5.97 Å². The molecule has 0 amide bonds. The van der Waals surface area contributed by atoms with Gasteiger partial charge in [-0.25, -0.2) is 4.98 Å². The summed E-state index contributed by atoms with van der Waals surface area (Å²) in [5, 5.41) is 9.25. The molecule has 1 aromatic heterocycles. The van der Waals surface area contributed by atoms with Gasteiger partial charge in [-0.05, 0) is 24.1 Å². The Balaban J connectivity index is 1.94. The standard InChI is InChI=1S/C17H14N2O3/c20-15(21)10-7-11-5-8-12(9-6-11)16-18-14-4-2-1-3-13(14)17(22)19-16/h1-6,8-9H,7,10H2,(H,20,21)(H,18,19,22). The minimum Gasteiger partial charge on any atom is -0.481 e. The Bertz CT molecular complexity index is 882. The molecule has 0 saturated heterocycles. The molecule has 5 heteroatoms. The molecule has 110 valence electrons. The van der Waals surface area contributed by atoms with Crippen LogP contribution in [0.15, 0.2) is 53.3 Å². The van der Waals surface area contributed by atoms with Gasteiger partial charge < -0.3 is 10.1 Å². The summed E-state index contributed by atoms with van der Waals surface area (Å²) in [6.45, 7) is 0. The maximum Gasteiger partial charge on any atom is 0.303 e. The first-order valence-electron chi connectivity index (χ1n) is 6.93. The molecule has 5 nitrogen and oxygen atoms in total. The molecule has 2 N–H and O–H groups in total. The van der Waals surface area contributed by atoms with Gasteiger partial charge in [0.05, 0.1) is 10.9 Å². The molecule has 0 atom stereocenters. The summed E-state index contributed by atoms with van der Waals surface area (Å²) in [5.41, 5.74) is 2.21. The topological polar surface area (TPSA) is 83.0 Å². The summed E-state index contributed by atoms with van der Waals surface area (Å²) >= 11 is 0.